The molecule has 0 saturated carbocycles. The monoisotopic (exact) mass is 470 g/mol. The van der Waals surface area contributed by atoms with Gasteiger partial charge in [0.15, 0.2) is 0 Å². The van der Waals surface area contributed by atoms with Crippen molar-refractivity contribution in [2.45, 2.75) is 13.5 Å². The first-order valence-corrected chi connectivity index (χ1v) is 9.53. The third kappa shape index (κ3) is 2.62. The largest absolute Gasteiger partial charge is 0.424 e. The van der Waals surface area contributed by atoms with E-state index in [-0.39, 0.29) is 0 Å². The lowest BCUT2D eigenvalue weighted by Crippen LogP contribution is -2.03. The summed E-state index contributed by atoms with van der Waals surface area (Å²) < 4.78 is 9.09. The van der Waals surface area contributed by atoms with Crippen molar-refractivity contribution in [1.29, 1.82) is 0 Å². The minimum atomic E-state index is 0.349. The molecule has 1 aromatic carbocycles. The zero-order valence-electron chi connectivity index (χ0n) is 14.7. The molecule has 1 N–H and O–H groups in total. The summed E-state index contributed by atoms with van der Waals surface area (Å²) in [6.07, 6.45) is 3.30. The second-order valence-electron chi connectivity index (χ2n) is 6.40. The molecule has 0 radical (unpaired) electrons. The number of fused-ring (bicyclic) bond motifs is 2. The number of aromatic nitrogens is 5. The fourth-order valence-electron chi connectivity index (χ4n) is 3.39. The number of ether oxygens (including phenoxy) is 1. The molecular weight excluding hydrogens is 455 g/mol. The normalized spacial score (nSPS) is 12.4. The number of halogens is 1. The van der Waals surface area contributed by atoms with Gasteiger partial charge in [0.05, 0.1) is 9.09 Å². The van der Waals surface area contributed by atoms with Gasteiger partial charge in [-0.2, -0.15) is 0 Å². The molecule has 0 fully saturated rings. The van der Waals surface area contributed by atoms with E-state index < -0.39 is 0 Å². The topological polar surface area (TPSA) is 77.8 Å². The Kier molecular flexibility index (Phi) is 3.74. The predicted molar refractivity (Wildman–Crippen MR) is 111 cm³/mol. The van der Waals surface area contributed by atoms with Crippen LogP contribution in [0.1, 0.15) is 11.3 Å². The number of hydrogen-bond acceptors (Lipinski definition) is 6. The summed E-state index contributed by atoms with van der Waals surface area (Å²) in [5.74, 6) is 1.56. The van der Waals surface area contributed by atoms with Crippen molar-refractivity contribution < 1.29 is 4.74 Å². The van der Waals surface area contributed by atoms with Crippen LogP contribution in [0.5, 0.6) is 11.8 Å². The van der Waals surface area contributed by atoms with Crippen LogP contribution in [0.25, 0.3) is 22.2 Å². The molecule has 5 rings (SSSR count). The van der Waals surface area contributed by atoms with E-state index in [2.05, 4.69) is 58.5 Å². The molecule has 8 heteroatoms. The summed E-state index contributed by atoms with van der Waals surface area (Å²) >= 11 is 2.37. The minimum absolute atomic E-state index is 0.349. The van der Waals surface area contributed by atoms with Crippen LogP contribution >= 0.6 is 22.6 Å². The van der Waals surface area contributed by atoms with Crippen molar-refractivity contribution in [1.82, 2.24) is 24.5 Å². The summed E-state index contributed by atoms with van der Waals surface area (Å²) in [4.78, 5) is 17.4. The zero-order valence-corrected chi connectivity index (χ0v) is 16.9. The third-order valence-corrected chi connectivity index (χ3v) is 5.93. The van der Waals surface area contributed by atoms with Crippen molar-refractivity contribution >= 4 is 39.4 Å². The first kappa shape index (κ1) is 16.4. The highest BCUT2D eigenvalue weighted by atomic mass is 127. The van der Waals surface area contributed by atoms with Crippen LogP contribution in [-0.4, -0.2) is 24.5 Å². The van der Waals surface area contributed by atoms with Gasteiger partial charge in [-0.3, -0.25) is 0 Å². The second-order valence-corrected chi connectivity index (χ2v) is 7.42. The van der Waals surface area contributed by atoms with Crippen LogP contribution in [0.4, 0.5) is 5.82 Å². The number of benzene rings is 1. The molecule has 0 amide bonds. The quantitative estimate of drug-likeness (QED) is 0.446. The van der Waals surface area contributed by atoms with E-state index in [1.807, 2.05) is 32.2 Å². The Morgan fingerprint density at radius 1 is 1.19 bits per heavy atom. The number of hydrogen-bond donors (Lipinski definition) is 1. The van der Waals surface area contributed by atoms with E-state index in [9.17, 15) is 0 Å². The molecule has 3 aromatic heterocycles. The van der Waals surface area contributed by atoms with Crippen molar-refractivity contribution in [3.63, 3.8) is 0 Å². The summed E-state index contributed by atoms with van der Waals surface area (Å²) in [5.41, 5.74) is 5.23. The van der Waals surface area contributed by atoms with Gasteiger partial charge in [-0.1, -0.05) is 6.07 Å². The molecule has 0 unspecified atom stereocenters. The number of anilines is 1. The lowest BCUT2D eigenvalue weighted by atomic mass is 10.0. The number of nitrogens with one attached hydrogen (secondary N) is 1. The molecule has 7 nitrogen and oxygen atoms in total. The molecule has 27 heavy (non-hydrogen) atoms. The third-order valence-electron chi connectivity index (χ3n) is 4.67. The minimum Gasteiger partial charge on any atom is -0.424 e. The first-order chi connectivity index (χ1) is 13.1. The summed E-state index contributed by atoms with van der Waals surface area (Å²) in [6.45, 7) is 2.57. The zero-order chi connectivity index (χ0) is 18.5. The lowest BCUT2D eigenvalue weighted by Gasteiger charge is -2.11. The molecular formula is C19H15IN6O. The number of nitrogens with zero attached hydrogens (tertiary/aromatic N) is 5. The summed E-state index contributed by atoms with van der Waals surface area (Å²) in [6, 6.07) is 8.26. The molecule has 1 aliphatic rings. The van der Waals surface area contributed by atoms with E-state index in [0.717, 1.165) is 42.9 Å². The summed E-state index contributed by atoms with van der Waals surface area (Å²) in [7, 11) is 2.03. The molecule has 4 heterocycles. The Morgan fingerprint density at radius 3 is 2.93 bits per heavy atom. The van der Waals surface area contributed by atoms with Gasteiger partial charge in [-0.25, -0.2) is 19.9 Å². The van der Waals surface area contributed by atoms with Crippen LogP contribution < -0.4 is 10.1 Å². The Morgan fingerprint density at radius 2 is 2.07 bits per heavy atom. The molecule has 0 aliphatic carbocycles. The molecule has 0 spiro atoms. The molecule has 0 saturated heterocycles. The van der Waals surface area contributed by atoms with Crippen molar-refractivity contribution in [3.8, 4) is 22.9 Å². The standard InChI is InChI=1S/C19H15IN6O/c1-10-5-6-21-19(25-10)27-12-3-4-13-11(7-12)8-22-17-15-14(13)16(20)26(2)18(15)24-9-23-17/h3-7,9H,8H2,1-2H3,(H,22,23,24). The Bertz CT molecular complexity index is 1200. The van der Waals surface area contributed by atoms with E-state index in [1.54, 1.807) is 12.5 Å². The van der Waals surface area contributed by atoms with Gasteiger partial charge in [-0.15, -0.1) is 0 Å². The Balaban J connectivity index is 1.63. The lowest BCUT2D eigenvalue weighted by molar-refractivity contribution is 0.440. The van der Waals surface area contributed by atoms with Crippen LogP contribution in [-0.2, 0) is 13.6 Å². The number of rotatable bonds is 2. The molecule has 0 atom stereocenters. The highest BCUT2D eigenvalue weighted by molar-refractivity contribution is 14.1. The smallest absolute Gasteiger partial charge is 0.322 e. The fraction of sp³-hybridized carbons (Fsp3) is 0.158. The van der Waals surface area contributed by atoms with E-state index >= 15 is 0 Å². The van der Waals surface area contributed by atoms with Gasteiger partial charge in [0.25, 0.3) is 0 Å². The fourth-order valence-corrected chi connectivity index (χ4v) is 4.18. The van der Waals surface area contributed by atoms with E-state index in [0.29, 0.717) is 18.3 Å². The van der Waals surface area contributed by atoms with E-state index in [4.69, 9.17) is 4.74 Å². The van der Waals surface area contributed by atoms with Gasteiger partial charge in [-0.05, 0) is 58.8 Å². The van der Waals surface area contributed by atoms with Crippen molar-refractivity contribution in [2.24, 2.45) is 7.05 Å². The molecule has 1 aliphatic heterocycles. The van der Waals surface area contributed by atoms with Gasteiger partial charge < -0.3 is 14.6 Å². The average Bonchev–Trinajstić information content (AvgIpc) is 2.82. The van der Waals surface area contributed by atoms with Crippen molar-refractivity contribution in [2.75, 3.05) is 5.32 Å². The Labute approximate surface area is 169 Å². The van der Waals surface area contributed by atoms with Gasteiger partial charge in [0, 0.05) is 31.0 Å². The van der Waals surface area contributed by atoms with Crippen LogP contribution in [0.15, 0.2) is 36.8 Å². The van der Waals surface area contributed by atoms with Crippen LogP contribution in [0, 0.1) is 10.6 Å². The highest BCUT2D eigenvalue weighted by Crippen LogP contribution is 2.42. The first-order valence-electron chi connectivity index (χ1n) is 8.45. The predicted octanol–water partition coefficient (Wildman–Crippen LogP) is 4.06. The maximum atomic E-state index is 5.87. The molecule has 4 aromatic rings. The second kappa shape index (κ2) is 6.15. The maximum Gasteiger partial charge on any atom is 0.322 e. The maximum absolute atomic E-state index is 5.87. The van der Waals surface area contributed by atoms with Crippen LogP contribution in [0.2, 0.25) is 0 Å². The molecule has 134 valence electrons. The Hall–Kier alpha value is -2.75. The number of aryl methyl sites for hydroxylation is 2. The SMILES string of the molecule is Cc1ccnc(Oc2ccc3c(c2)CNc2ncnc4c2c-3c(I)n4C)n1. The van der Waals surface area contributed by atoms with Gasteiger partial charge >= 0.3 is 6.01 Å². The van der Waals surface area contributed by atoms with Crippen LogP contribution in [0.3, 0.4) is 0 Å². The van der Waals surface area contributed by atoms with E-state index in [1.165, 1.54) is 0 Å². The van der Waals surface area contributed by atoms with Gasteiger partial charge in [0.2, 0.25) is 0 Å². The average molecular weight is 470 g/mol. The highest BCUT2D eigenvalue weighted by Gasteiger charge is 2.24. The van der Waals surface area contributed by atoms with Gasteiger partial charge in [0.1, 0.15) is 23.5 Å². The van der Waals surface area contributed by atoms with Crippen molar-refractivity contribution in [3.05, 3.63) is 51.7 Å². The molecule has 0 bridgehead atoms. The summed E-state index contributed by atoms with van der Waals surface area (Å²) in [5, 5.41) is 4.49.